The third kappa shape index (κ3) is 13.5. The van der Waals surface area contributed by atoms with E-state index in [0.29, 0.717) is 34.0 Å². The molecule has 7 N–H and O–H groups in total. The maximum Gasteiger partial charge on any atom is 0.469 e. The van der Waals surface area contributed by atoms with Gasteiger partial charge in [0.1, 0.15) is 11.6 Å². The van der Waals surface area contributed by atoms with Gasteiger partial charge in [-0.25, -0.2) is 14.5 Å². The van der Waals surface area contributed by atoms with Crippen molar-refractivity contribution in [1.29, 1.82) is 0 Å². The van der Waals surface area contributed by atoms with Crippen molar-refractivity contribution >= 4 is 42.9 Å². The number of rotatable bonds is 11. The van der Waals surface area contributed by atoms with Gasteiger partial charge in [0.25, 0.3) is 0 Å². The van der Waals surface area contributed by atoms with Gasteiger partial charge in [0.05, 0.1) is 19.7 Å². The second-order valence-electron chi connectivity index (χ2n) is 7.00. The Hall–Kier alpha value is -2.61. The number of phosphoric acid groups is 1. The van der Waals surface area contributed by atoms with Crippen LogP contribution >= 0.6 is 19.6 Å². The number of allylic oxidation sites excluding steroid dienone is 1. The molecule has 0 fully saturated rings. The van der Waals surface area contributed by atoms with Gasteiger partial charge in [-0.15, -0.1) is 0 Å². The molecule has 13 nitrogen and oxygen atoms in total. The van der Waals surface area contributed by atoms with Gasteiger partial charge < -0.3 is 31.3 Å². The van der Waals surface area contributed by atoms with Crippen molar-refractivity contribution in [2.45, 2.75) is 26.8 Å². The average Bonchev–Trinajstić information content (AvgIpc) is 2.82. The van der Waals surface area contributed by atoms with Crippen LogP contribution in [0.3, 0.4) is 0 Å². The van der Waals surface area contributed by atoms with Crippen LogP contribution in [0.4, 0.5) is 5.82 Å². The molecule has 1 radical (unpaired) electrons. The SMILES string of the molecule is C/C(=C(\CCOP(=O)(O)O)SC(=O)c1ccccc1)N(C=O)Cc1cnc(C)nc1N.NCC(=O)O.[Mn]. The number of hydrogen-bond acceptors (Lipinski definition) is 10. The van der Waals surface area contributed by atoms with Crippen LogP contribution in [-0.4, -0.2) is 60.4 Å². The number of carbonyl (C=O) groups excluding carboxylic acids is 2. The summed E-state index contributed by atoms with van der Waals surface area (Å²) in [6.45, 7) is 2.75. The second kappa shape index (κ2) is 17.0. The normalized spacial score (nSPS) is 11.3. The zero-order valence-electron chi connectivity index (χ0n) is 20.0. The van der Waals surface area contributed by atoms with Crippen LogP contribution in [-0.2, 0) is 42.3 Å². The molecular weight excluding hydrogens is 568 g/mol. The maximum absolute atomic E-state index is 12.7. The number of benzene rings is 1. The molecule has 0 aliphatic heterocycles. The fraction of sp³-hybridized carbons (Fsp3) is 0.286. The number of phosphoric ester groups is 1. The predicted molar refractivity (Wildman–Crippen MR) is 133 cm³/mol. The van der Waals surface area contributed by atoms with Crippen molar-refractivity contribution in [1.82, 2.24) is 14.9 Å². The van der Waals surface area contributed by atoms with E-state index in [0.717, 1.165) is 11.8 Å². The van der Waals surface area contributed by atoms with Crippen LogP contribution in [0.2, 0.25) is 0 Å². The molecule has 1 aromatic heterocycles. The number of nitrogens with zero attached hydrogens (tertiary/aromatic N) is 3. The van der Waals surface area contributed by atoms with E-state index in [-0.39, 0.29) is 54.1 Å². The van der Waals surface area contributed by atoms with E-state index in [2.05, 4.69) is 20.2 Å². The zero-order chi connectivity index (χ0) is 27.3. The summed E-state index contributed by atoms with van der Waals surface area (Å²) in [4.78, 5) is 61.5. The van der Waals surface area contributed by atoms with Crippen LogP contribution in [0.5, 0.6) is 0 Å². The third-order valence-electron chi connectivity index (χ3n) is 4.31. The summed E-state index contributed by atoms with van der Waals surface area (Å²) in [7, 11) is -4.67. The molecule has 0 aliphatic carbocycles. The van der Waals surface area contributed by atoms with Crippen molar-refractivity contribution < 1.29 is 55.4 Å². The van der Waals surface area contributed by atoms with Gasteiger partial charge in [-0.1, -0.05) is 30.3 Å². The molecule has 0 bridgehead atoms. The monoisotopic (exact) mass is 596 g/mol. The van der Waals surface area contributed by atoms with Crippen LogP contribution in [0.15, 0.2) is 47.1 Å². The second-order valence-corrected chi connectivity index (χ2v) is 9.30. The van der Waals surface area contributed by atoms with E-state index < -0.39 is 13.8 Å². The van der Waals surface area contributed by atoms with Gasteiger partial charge in [0, 0.05) is 51.4 Å². The van der Waals surface area contributed by atoms with Crippen molar-refractivity contribution in [2.24, 2.45) is 5.73 Å². The summed E-state index contributed by atoms with van der Waals surface area (Å²) < 4.78 is 15.5. The molecule has 1 heterocycles. The Balaban J connectivity index is 0.00000196. The summed E-state index contributed by atoms with van der Waals surface area (Å²) >= 11 is 0.862. The van der Waals surface area contributed by atoms with Gasteiger partial charge in [0.15, 0.2) is 0 Å². The molecular formula is C21H28MnN5O8PS. The molecule has 0 aliphatic rings. The Kier molecular flexibility index (Phi) is 15.8. The Morgan fingerprint density at radius 3 is 2.32 bits per heavy atom. The molecule has 203 valence electrons. The van der Waals surface area contributed by atoms with Crippen molar-refractivity contribution in [3.63, 3.8) is 0 Å². The summed E-state index contributed by atoms with van der Waals surface area (Å²) in [6.07, 6.45) is 2.09. The summed E-state index contributed by atoms with van der Waals surface area (Å²) in [5.41, 5.74) is 11.9. The number of nitrogen functional groups attached to an aromatic ring is 1. The van der Waals surface area contributed by atoms with Gasteiger partial charge in [-0.05, 0) is 25.6 Å². The molecule has 0 saturated heterocycles. The Morgan fingerprint density at radius 2 is 1.84 bits per heavy atom. The first-order valence-corrected chi connectivity index (χ1v) is 12.6. The number of aromatic nitrogens is 2. The number of carbonyl (C=O) groups is 3. The molecule has 37 heavy (non-hydrogen) atoms. The average molecular weight is 596 g/mol. The van der Waals surface area contributed by atoms with Gasteiger partial charge >= 0.3 is 13.8 Å². The molecule has 1 amide bonds. The predicted octanol–water partition coefficient (Wildman–Crippen LogP) is 1.66. The van der Waals surface area contributed by atoms with Gasteiger partial charge in [-0.3, -0.25) is 18.9 Å². The molecule has 0 saturated carbocycles. The minimum Gasteiger partial charge on any atom is -0.480 e. The summed E-state index contributed by atoms with van der Waals surface area (Å²) in [6, 6.07) is 8.52. The smallest absolute Gasteiger partial charge is 0.469 e. The standard InChI is InChI=1S/C19H23N4O6PS.C2H5NO2.Mn/c1-13(23(12-24)11-16-10-21-14(2)22-18(16)20)17(8-9-29-30(26,27)28)31-19(25)15-6-4-3-5-7-15;3-1-2(4)5;/h3-7,10,12H,8-9,11H2,1-2H3,(H2,20,21,22)(H2,26,27,28);1,3H2,(H,4,5);/b17-13-;;. The molecule has 0 atom stereocenters. The van der Waals surface area contributed by atoms with Crippen LogP contribution in [0, 0.1) is 6.92 Å². The summed E-state index contributed by atoms with van der Waals surface area (Å²) in [5.74, 6) is -0.248. The topological polar surface area (TPSA) is 219 Å². The van der Waals surface area contributed by atoms with Crippen molar-refractivity contribution in [2.75, 3.05) is 18.9 Å². The Bertz CT molecular complexity index is 1130. The van der Waals surface area contributed by atoms with Crippen LogP contribution < -0.4 is 11.5 Å². The van der Waals surface area contributed by atoms with E-state index in [1.807, 2.05) is 0 Å². The van der Waals surface area contributed by atoms with E-state index in [1.54, 1.807) is 44.2 Å². The molecule has 2 aromatic rings. The number of hydrogen-bond donors (Lipinski definition) is 5. The Labute approximate surface area is 228 Å². The largest absolute Gasteiger partial charge is 0.480 e. The number of carboxylic acids is 1. The third-order valence-corrected chi connectivity index (χ3v) is 6.00. The number of amides is 1. The molecule has 0 unspecified atom stereocenters. The van der Waals surface area contributed by atoms with Gasteiger partial charge in [0.2, 0.25) is 11.5 Å². The number of nitrogens with two attached hydrogens (primary N) is 2. The molecule has 2 rings (SSSR count). The fourth-order valence-electron chi connectivity index (χ4n) is 2.52. The first kappa shape index (κ1) is 34.4. The van der Waals surface area contributed by atoms with E-state index in [9.17, 15) is 18.9 Å². The number of aryl methyl sites for hydroxylation is 1. The fourth-order valence-corrected chi connectivity index (χ4v) is 3.78. The van der Waals surface area contributed by atoms with E-state index >= 15 is 0 Å². The minimum absolute atomic E-state index is 0. The Morgan fingerprint density at radius 1 is 1.24 bits per heavy atom. The number of aliphatic carboxylic acids is 1. The zero-order valence-corrected chi connectivity index (χ0v) is 22.9. The van der Waals surface area contributed by atoms with E-state index in [4.69, 9.17) is 20.6 Å². The minimum atomic E-state index is -4.67. The van der Waals surface area contributed by atoms with Crippen LogP contribution in [0.1, 0.15) is 35.1 Å². The number of anilines is 1. The first-order valence-electron chi connectivity index (χ1n) is 10.3. The number of carboxylic acid groups (broad SMARTS) is 1. The molecule has 16 heteroatoms. The quantitative estimate of drug-likeness (QED) is 0.142. The summed E-state index contributed by atoms with van der Waals surface area (Å²) in [5, 5.41) is 7.31. The first-order chi connectivity index (χ1) is 16.9. The molecule has 1 aromatic carbocycles. The van der Waals surface area contributed by atoms with Crippen molar-refractivity contribution in [3.05, 3.63) is 64.1 Å². The maximum atomic E-state index is 12.7. The van der Waals surface area contributed by atoms with Gasteiger partial charge in [-0.2, -0.15) is 0 Å². The van der Waals surface area contributed by atoms with Crippen LogP contribution in [0.25, 0.3) is 0 Å². The number of thioether (sulfide) groups is 1. The molecule has 0 spiro atoms. The van der Waals surface area contributed by atoms with E-state index in [1.165, 1.54) is 11.1 Å². The van der Waals surface area contributed by atoms with Crippen molar-refractivity contribution in [3.8, 4) is 0 Å².